The van der Waals surface area contributed by atoms with Crippen LogP contribution in [0.25, 0.3) is 0 Å². The summed E-state index contributed by atoms with van der Waals surface area (Å²) in [4.78, 5) is 26.5. The van der Waals surface area contributed by atoms with E-state index in [0.29, 0.717) is 17.7 Å². The van der Waals surface area contributed by atoms with Crippen LogP contribution in [0.15, 0.2) is 35.7 Å². The van der Waals surface area contributed by atoms with Crippen LogP contribution in [0.1, 0.15) is 26.4 Å². The number of carbonyl (C=O) groups is 2. The van der Waals surface area contributed by atoms with E-state index in [9.17, 15) is 9.59 Å². The van der Waals surface area contributed by atoms with Crippen molar-refractivity contribution in [1.82, 2.24) is 4.90 Å². The zero-order chi connectivity index (χ0) is 16.8. The van der Waals surface area contributed by atoms with Gasteiger partial charge in [0.05, 0.1) is 23.7 Å². The lowest BCUT2D eigenvalue weighted by molar-refractivity contribution is -0.133. The van der Waals surface area contributed by atoms with E-state index < -0.39 is 5.97 Å². The van der Waals surface area contributed by atoms with E-state index in [1.165, 1.54) is 29.2 Å². The van der Waals surface area contributed by atoms with Crippen molar-refractivity contribution in [3.8, 4) is 6.07 Å². The Morgan fingerprint density at radius 3 is 2.52 bits per heavy atom. The van der Waals surface area contributed by atoms with Crippen molar-refractivity contribution in [1.29, 1.82) is 5.26 Å². The molecule has 1 amide bonds. The normalized spacial score (nSPS) is 9.96. The van der Waals surface area contributed by atoms with Gasteiger partial charge in [-0.25, -0.2) is 4.79 Å². The van der Waals surface area contributed by atoms with Crippen molar-refractivity contribution in [2.75, 3.05) is 13.7 Å². The summed E-state index contributed by atoms with van der Waals surface area (Å²) in [5.74, 6) is -0.844. The molecule has 0 atom stereocenters. The molecule has 2 aromatic rings. The number of carbonyl (C=O) groups excluding carboxylic acids is 2. The number of esters is 1. The Labute approximate surface area is 138 Å². The quantitative estimate of drug-likeness (QED) is 0.791. The molecule has 0 aliphatic carbocycles. The Morgan fingerprint density at radius 1 is 1.26 bits per heavy atom. The third kappa shape index (κ3) is 4.41. The van der Waals surface area contributed by atoms with Crippen LogP contribution in [0.2, 0.25) is 0 Å². The van der Waals surface area contributed by atoms with E-state index in [1.807, 2.05) is 24.4 Å². The zero-order valence-electron chi connectivity index (χ0n) is 12.9. The standard InChI is InChI=1S/C17H16N2O3S/c1-12-7-8-23-15(12)10-19(2)16(20)11-22-17(21)14-5-3-13(9-18)4-6-14/h3-8H,10-11H2,1-2H3. The number of thiophene rings is 1. The van der Waals surface area contributed by atoms with E-state index in [-0.39, 0.29) is 12.5 Å². The molecular formula is C17H16N2O3S. The van der Waals surface area contributed by atoms with Crippen molar-refractivity contribution in [2.24, 2.45) is 0 Å². The fourth-order valence-corrected chi connectivity index (χ4v) is 2.83. The maximum absolute atomic E-state index is 12.0. The molecule has 0 aliphatic rings. The average molecular weight is 328 g/mol. The van der Waals surface area contributed by atoms with Gasteiger partial charge in [-0.3, -0.25) is 4.79 Å². The molecule has 0 fully saturated rings. The SMILES string of the molecule is Cc1ccsc1CN(C)C(=O)COC(=O)c1ccc(C#N)cc1. The molecule has 0 N–H and O–H groups in total. The summed E-state index contributed by atoms with van der Waals surface area (Å²) in [6, 6.07) is 10.0. The number of aryl methyl sites for hydroxylation is 1. The van der Waals surface area contributed by atoms with E-state index in [1.54, 1.807) is 18.4 Å². The number of amides is 1. The highest BCUT2D eigenvalue weighted by Crippen LogP contribution is 2.17. The van der Waals surface area contributed by atoms with Gasteiger partial charge in [-0.2, -0.15) is 5.26 Å². The molecule has 0 radical (unpaired) electrons. The Hall–Kier alpha value is -2.65. The molecule has 5 nitrogen and oxygen atoms in total. The van der Waals surface area contributed by atoms with Crippen LogP contribution >= 0.6 is 11.3 Å². The number of ether oxygens (including phenoxy) is 1. The van der Waals surface area contributed by atoms with Crippen molar-refractivity contribution >= 4 is 23.2 Å². The fraction of sp³-hybridized carbons (Fsp3) is 0.235. The predicted octanol–water partition coefficient (Wildman–Crippen LogP) is 2.74. The topological polar surface area (TPSA) is 70.4 Å². The molecule has 2 rings (SSSR count). The third-order valence-corrected chi connectivity index (χ3v) is 4.36. The lowest BCUT2D eigenvalue weighted by Gasteiger charge is -2.16. The van der Waals surface area contributed by atoms with Gasteiger partial charge in [-0.15, -0.1) is 11.3 Å². The molecule has 1 aromatic carbocycles. The second-order valence-corrected chi connectivity index (χ2v) is 6.04. The number of likely N-dealkylation sites (N-methyl/N-ethyl adjacent to an activating group) is 1. The highest BCUT2D eigenvalue weighted by Gasteiger charge is 2.15. The van der Waals surface area contributed by atoms with Crippen LogP contribution in [0, 0.1) is 18.3 Å². The smallest absolute Gasteiger partial charge is 0.338 e. The number of hydrogen-bond donors (Lipinski definition) is 0. The molecule has 23 heavy (non-hydrogen) atoms. The van der Waals surface area contributed by atoms with Crippen LogP contribution < -0.4 is 0 Å². The van der Waals surface area contributed by atoms with Gasteiger partial charge >= 0.3 is 5.97 Å². The largest absolute Gasteiger partial charge is 0.452 e. The summed E-state index contributed by atoms with van der Waals surface area (Å²) < 4.78 is 5.02. The van der Waals surface area contributed by atoms with Gasteiger partial charge in [0, 0.05) is 11.9 Å². The summed E-state index contributed by atoms with van der Waals surface area (Å²) in [6.07, 6.45) is 0. The molecule has 0 saturated heterocycles. The summed E-state index contributed by atoms with van der Waals surface area (Å²) in [5.41, 5.74) is 1.92. The highest BCUT2D eigenvalue weighted by molar-refractivity contribution is 7.10. The summed E-state index contributed by atoms with van der Waals surface area (Å²) >= 11 is 1.59. The molecular weight excluding hydrogens is 312 g/mol. The summed E-state index contributed by atoms with van der Waals surface area (Å²) in [7, 11) is 1.68. The lowest BCUT2D eigenvalue weighted by Crippen LogP contribution is -2.30. The van der Waals surface area contributed by atoms with Crippen LogP contribution in [0.4, 0.5) is 0 Å². The maximum atomic E-state index is 12.0. The lowest BCUT2D eigenvalue weighted by atomic mass is 10.1. The van der Waals surface area contributed by atoms with Gasteiger partial charge < -0.3 is 9.64 Å². The maximum Gasteiger partial charge on any atom is 0.338 e. The third-order valence-electron chi connectivity index (χ3n) is 3.35. The number of benzene rings is 1. The monoisotopic (exact) mass is 328 g/mol. The van der Waals surface area contributed by atoms with Gasteiger partial charge in [0.2, 0.25) is 0 Å². The number of rotatable bonds is 5. The van der Waals surface area contributed by atoms with Gasteiger partial charge in [0.1, 0.15) is 0 Å². The van der Waals surface area contributed by atoms with Crippen LogP contribution in [0.3, 0.4) is 0 Å². The second kappa shape index (κ2) is 7.56. The molecule has 6 heteroatoms. The molecule has 0 aliphatic heterocycles. The zero-order valence-corrected chi connectivity index (χ0v) is 13.7. The van der Waals surface area contributed by atoms with Crippen molar-refractivity contribution in [3.05, 3.63) is 57.3 Å². The minimum atomic E-state index is -0.580. The van der Waals surface area contributed by atoms with E-state index in [0.717, 1.165) is 10.4 Å². The van der Waals surface area contributed by atoms with Gasteiger partial charge in [-0.05, 0) is 48.2 Å². The molecule has 0 unspecified atom stereocenters. The van der Waals surface area contributed by atoms with E-state index in [2.05, 4.69) is 0 Å². The van der Waals surface area contributed by atoms with Crippen molar-refractivity contribution in [2.45, 2.75) is 13.5 Å². The van der Waals surface area contributed by atoms with Crippen LogP contribution in [0.5, 0.6) is 0 Å². The Morgan fingerprint density at radius 2 is 1.96 bits per heavy atom. The molecule has 1 heterocycles. The Bertz CT molecular complexity index is 744. The number of nitriles is 1. The van der Waals surface area contributed by atoms with Crippen LogP contribution in [-0.4, -0.2) is 30.4 Å². The fourth-order valence-electron chi connectivity index (χ4n) is 1.87. The molecule has 0 spiro atoms. The minimum absolute atomic E-state index is 0.264. The average Bonchev–Trinajstić information content (AvgIpc) is 2.97. The molecule has 0 bridgehead atoms. The van der Waals surface area contributed by atoms with Crippen LogP contribution in [-0.2, 0) is 16.1 Å². The first-order valence-corrected chi connectivity index (χ1v) is 7.83. The first-order valence-electron chi connectivity index (χ1n) is 6.95. The molecule has 0 saturated carbocycles. The van der Waals surface area contributed by atoms with Gasteiger partial charge in [-0.1, -0.05) is 0 Å². The minimum Gasteiger partial charge on any atom is -0.452 e. The highest BCUT2D eigenvalue weighted by atomic mass is 32.1. The Balaban J connectivity index is 1.86. The predicted molar refractivity (Wildman–Crippen MR) is 87.0 cm³/mol. The van der Waals surface area contributed by atoms with E-state index >= 15 is 0 Å². The van der Waals surface area contributed by atoms with Crippen molar-refractivity contribution < 1.29 is 14.3 Å². The molecule has 1 aromatic heterocycles. The summed E-state index contributed by atoms with van der Waals surface area (Å²) in [6.45, 7) is 2.19. The Kier molecular flexibility index (Phi) is 5.50. The summed E-state index contributed by atoms with van der Waals surface area (Å²) in [5, 5.41) is 10.7. The van der Waals surface area contributed by atoms with Gasteiger partial charge in [0.15, 0.2) is 6.61 Å². The second-order valence-electron chi connectivity index (χ2n) is 5.04. The first-order chi connectivity index (χ1) is 11.0. The van der Waals surface area contributed by atoms with Crippen molar-refractivity contribution in [3.63, 3.8) is 0 Å². The number of hydrogen-bond acceptors (Lipinski definition) is 5. The first kappa shape index (κ1) is 16.7. The van der Waals surface area contributed by atoms with Gasteiger partial charge in [0.25, 0.3) is 5.91 Å². The molecule has 118 valence electrons. The van der Waals surface area contributed by atoms with E-state index in [4.69, 9.17) is 10.00 Å². The number of nitrogens with zero attached hydrogens (tertiary/aromatic N) is 2.